The Morgan fingerprint density at radius 1 is 1.24 bits per heavy atom. The van der Waals surface area contributed by atoms with Crippen molar-refractivity contribution in [2.75, 3.05) is 0 Å². The van der Waals surface area contributed by atoms with Crippen molar-refractivity contribution in [1.82, 2.24) is 19.5 Å². The van der Waals surface area contributed by atoms with Crippen LogP contribution in [0.1, 0.15) is 5.56 Å². The van der Waals surface area contributed by atoms with Crippen LogP contribution in [0.3, 0.4) is 0 Å². The van der Waals surface area contributed by atoms with Crippen LogP contribution in [-0.2, 0) is 6.54 Å². The summed E-state index contributed by atoms with van der Waals surface area (Å²) in [5.41, 5.74) is 2.94. The van der Waals surface area contributed by atoms with Gasteiger partial charge in [0.15, 0.2) is 10.4 Å². The molecular weight excluding hydrogens is 232 g/mol. The molecule has 0 bridgehead atoms. The summed E-state index contributed by atoms with van der Waals surface area (Å²) in [6, 6.07) is 7.80. The quantitative estimate of drug-likeness (QED) is 0.702. The maximum atomic E-state index is 5.30. The highest BCUT2D eigenvalue weighted by Gasteiger charge is 2.05. The van der Waals surface area contributed by atoms with E-state index in [4.69, 9.17) is 12.2 Å². The smallest absolute Gasteiger partial charge is 0.179 e. The number of imidazole rings is 1. The third-order valence-electron chi connectivity index (χ3n) is 2.59. The van der Waals surface area contributed by atoms with Gasteiger partial charge < -0.3 is 4.98 Å². The number of hydrogen-bond acceptors (Lipinski definition) is 3. The van der Waals surface area contributed by atoms with E-state index in [1.54, 1.807) is 12.4 Å². The molecule has 0 aliphatic heterocycles. The molecule has 0 spiro atoms. The molecule has 4 nitrogen and oxygen atoms in total. The molecule has 3 heterocycles. The van der Waals surface area contributed by atoms with Gasteiger partial charge in [-0.05, 0) is 36.0 Å². The van der Waals surface area contributed by atoms with E-state index < -0.39 is 0 Å². The Morgan fingerprint density at radius 3 is 2.94 bits per heavy atom. The van der Waals surface area contributed by atoms with Gasteiger partial charge in [-0.2, -0.15) is 0 Å². The molecule has 0 radical (unpaired) electrons. The lowest BCUT2D eigenvalue weighted by Gasteiger charge is -2.02. The second-order valence-electron chi connectivity index (χ2n) is 3.75. The summed E-state index contributed by atoms with van der Waals surface area (Å²) in [4.78, 5) is 11.6. The lowest BCUT2D eigenvalue weighted by atomic mass is 10.3. The zero-order chi connectivity index (χ0) is 11.7. The first-order valence-electron chi connectivity index (χ1n) is 5.27. The molecule has 0 atom stereocenters. The molecular formula is C12H10N4S. The van der Waals surface area contributed by atoms with E-state index >= 15 is 0 Å². The Balaban J connectivity index is 2.12. The molecule has 84 valence electrons. The van der Waals surface area contributed by atoms with Crippen LogP contribution < -0.4 is 0 Å². The third-order valence-corrected chi connectivity index (χ3v) is 2.92. The standard InChI is InChI=1S/C12H10N4S/c17-12-15-10-4-2-6-14-11(10)16(12)8-9-3-1-5-13-7-9/h1-7H,8H2,(H,15,17). The van der Waals surface area contributed by atoms with E-state index in [9.17, 15) is 0 Å². The Bertz CT molecular complexity index is 699. The van der Waals surface area contributed by atoms with Crippen molar-refractivity contribution in [3.05, 3.63) is 53.2 Å². The second kappa shape index (κ2) is 4.10. The van der Waals surface area contributed by atoms with Crippen molar-refractivity contribution >= 4 is 23.4 Å². The molecule has 0 fully saturated rings. The molecule has 5 heteroatoms. The molecule has 1 N–H and O–H groups in total. The van der Waals surface area contributed by atoms with Crippen LogP contribution in [0.25, 0.3) is 11.2 Å². The lowest BCUT2D eigenvalue weighted by Crippen LogP contribution is -2.00. The molecule has 0 unspecified atom stereocenters. The number of aromatic nitrogens is 4. The van der Waals surface area contributed by atoms with Crippen LogP contribution in [0, 0.1) is 4.77 Å². The largest absolute Gasteiger partial charge is 0.329 e. The van der Waals surface area contributed by atoms with Crippen LogP contribution >= 0.6 is 12.2 Å². The number of nitrogens with zero attached hydrogens (tertiary/aromatic N) is 3. The lowest BCUT2D eigenvalue weighted by molar-refractivity contribution is 0.797. The number of nitrogens with one attached hydrogen (secondary N) is 1. The second-order valence-corrected chi connectivity index (χ2v) is 4.14. The fraction of sp³-hybridized carbons (Fsp3) is 0.0833. The monoisotopic (exact) mass is 242 g/mol. The van der Waals surface area contributed by atoms with Gasteiger partial charge in [-0.25, -0.2) is 4.98 Å². The molecule has 3 aromatic rings. The Hall–Kier alpha value is -2.01. The van der Waals surface area contributed by atoms with E-state index in [1.165, 1.54) is 0 Å². The average Bonchev–Trinajstić information content (AvgIpc) is 2.68. The van der Waals surface area contributed by atoms with E-state index in [0.29, 0.717) is 11.3 Å². The molecule has 0 aliphatic rings. The highest BCUT2D eigenvalue weighted by Crippen LogP contribution is 2.12. The van der Waals surface area contributed by atoms with Gasteiger partial charge in [0.05, 0.1) is 12.1 Å². The van der Waals surface area contributed by atoms with Gasteiger partial charge in [0.2, 0.25) is 0 Å². The Kier molecular flexibility index (Phi) is 2.45. The molecule has 0 saturated carbocycles. The maximum Gasteiger partial charge on any atom is 0.179 e. The minimum atomic E-state index is 0.683. The summed E-state index contributed by atoms with van der Waals surface area (Å²) < 4.78 is 2.66. The Labute approximate surface area is 103 Å². The topological polar surface area (TPSA) is 46.5 Å². The van der Waals surface area contributed by atoms with Crippen molar-refractivity contribution < 1.29 is 0 Å². The average molecular weight is 242 g/mol. The maximum absolute atomic E-state index is 5.30. The minimum absolute atomic E-state index is 0.683. The zero-order valence-corrected chi connectivity index (χ0v) is 9.81. The predicted molar refractivity (Wildman–Crippen MR) is 68.3 cm³/mol. The number of rotatable bonds is 2. The van der Waals surface area contributed by atoms with Gasteiger partial charge in [-0.15, -0.1) is 0 Å². The van der Waals surface area contributed by atoms with E-state index in [0.717, 1.165) is 16.7 Å². The summed E-state index contributed by atoms with van der Waals surface area (Å²) in [5.74, 6) is 0. The summed E-state index contributed by atoms with van der Waals surface area (Å²) in [6.07, 6.45) is 5.37. The summed E-state index contributed by atoms with van der Waals surface area (Å²) >= 11 is 5.30. The van der Waals surface area contributed by atoms with Crippen molar-refractivity contribution in [3.63, 3.8) is 0 Å². The van der Waals surface area contributed by atoms with Crippen molar-refractivity contribution in [3.8, 4) is 0 Å². The summed E-state index contributed by atoms with van der Waals surface area (Å²) in [5, 5.41) is 0. The van der Waals surface area contributed by atoms with Gasteiger partial charge in [0, 0.05) is 18.6 Å². The first-order chi connectivity index (χ1) is 8.34. The van der Waals surface area contributed by atoms with Crippen LogP contribution in [0.5, 0.6) is 0 Å². The van der Waals surface area contributed by atoms with Gasteiger partial charge in [-0.1, -0.05) is 6.07 Å². The van der Waals surface area contributed by atoms with Gasteiger partial charge in [0.1, 0.15) is 0 Å². The number of H-pyrrole nitrogens is 1. The molecule has 3 aromatic heterocycles. The third kappa shape index (κ3) is 1.85. The first kappa shape index (κ1) is 10.2. The predicted octanol–water partition coefficient (Wildman–Crippen LogP) is 2.54. The van der Waals surface area contributed by atoms with Crippen LogP contribution in [0.2, 0.25) is 0 Å². The fourth-order valence-corrected chi connectivity index (χ4v) is 2.07. The molecule has 0 aromatic carbocycles. The van der Waals surface area contributed by atoms with Crippen LogP contribution in [0.15, 0.2) is 42.9 Å². The van der Waals surface area contributed by atoms with Gasteiger partial charge >= 0.3 is 0 Å². The highest BCUT2D eigenvalue weighted by atomic mass is 32.1. The van der Waals surface area contributed by atoms with Crippen LogP contribution in [0.4, 0.5) is 0 Å². The fourth-order valence-electron chi connectivity index (χ4n) is 1.81. The molecule has 0 amide bonds. The van der Waals surface area contributed by atoms with Crippen molar-refractivity contribution in [2.24, 2.45) is 0 Å². The zero-order valence-electron chi connectivity index (χ0n) is 9.00. The number of aromatic amines is 1. The number of fused-ring (bicyclic) bond motifs is 1. The van der Waals surface area contributed by atoms with E-state index in [1.807, 2.05) is 35.0 Å². The van der Waals surface area contributed by atoms with Crippen molar-refractivity contribution in [1.29, 1.82) is 0 Å². The summed E-state index contributed by atoms with van der Waals surface area (Å²) in [6.45, 7) is 0.684. The van der Waals surface area contributed by atoms with Crippen LogP contribution in [-0.4, -0.2) is 19.5 Å². The first-order valence-corrected chi connectivity index (χ1v) is 5.68. The number of hydrogen-bond donors (Lipinski definition) is 1. The van der Waals surface area contributed by atoms with Gasteiger partial charge in [-0.3, -0.25) is 9.55 Å². The summed E-state index contributed by atoms with van der Waals surface area (Å²) in [7, 11) is 0. The number of pyridine rings is 2. The minimum Gasteiger partial charge on any atom is -0.329 e. The molecule has 3 rings (SSSR count). The highest BCUT2D eigenvalue weighted by molar-refractivity contribution is 7.71. The van der Waals surface area contributed by atoms with Gasteiger partial charge in [0.25, 0.3) is 0 Å². The Morgan fingerprint density at radius 2 is 2.12 bits per heavy atom. The van der Waals surface area contributed by atoms with Crippen molar-refractivity contribution in [2.45, 2.75) is 6.54 Å². The molecule has 0 aliphatic carbocycles. The van der Waals surface area contributed by atoms with E-state index in [-0.39, 0.29) is 0 Å². The molecule has 0 saturated heterocycles. The van der Waals surface area contributed by atoms with E-state index in [2.05, 4.69) is 15.0 Å². The SMILES string of the molecule is S=c1[nH]c2cccnc2n1Cc1cccnc1. The molecule has 17 heavy (non-hydrogen) atoms. The normalized spacial score (nSPS) is 10.8.